The fourth-order valence-corrected chi connectivity index (χ4v) is 1.45. The summed E-state index contributed by atoms with van der Waals surface area (Å²) >= 11 is 0. The Labute approximate surface area is 113 Å². The Hall–Kier alpha value is -1.47. The second kappa shape index (κ2) is 8.60. The van der Waals surface area contributed by atoms with Gasteiger partial charge < -0.3 is 15.7 Å². The summed E-state index contributed by atoms with van der Waals surface area (Å²) in [6.45, 7) is 6.38. The summed E-state index contributed by atoms with van der Waals surface area (Å²) in [5.41, 5.74) is 0.787. The molecular formula is C12H23N5O2. The molecule has 1 rings (SSSR count). The highest BCUT2D eigenvalue weighted by Crippen LogP contribution is 1.94. The van der Waals surface area contributed by atoms with E-state index in [1.165, 1.54) is 0 Å². The molecule has 0 spiro atoms. The van der Waals surface area contributed by atoms with E-state index in [1.807, 2.05) is 6.20 Å². The van der Waals surface area contributed by atoms with Crippen molar-refractivity contribution in [2.75, 3.05) is 19.7 Å². The number of nitrogens with one attached hydrogen (secondary N) is 2. The average Bonchev–Trinajstić information content (AvgIpc) is 2.82. The SMILES string of the molecule is CC(C)CNC(=O)CNCc1cn(CCCO)nn1. The van der Waals surface area contributed by atoms with Crippen LogP contribution >= 0.6 is 0 Å². The van der Waals surface area contributed by atoms with Crippen molar-refractivity contribution in [3.8, 4) is 0 Å². The fraction of sp³-hybridized carbons (Fsp3) is 0.750. The van der Waals surface area contributed by atoms with Gasteiger partial charge in [0.05, 0.1) is 12.2 Å². The van der Waals surface area contributed by atoms with Gasteiger partial charge >= 0.3 is 0 Å². The maximum Gasteiger partial charge on any atom is 0.233 e. The molecule has 0 bridgehead atoms. The molecule has 0 saturated heterocycles. The number of aliphatic hydroxyl groups is 1. The van der Waals surface area contributed by atoms with Crippen molar-refractivity contribution in [2.24, 2.45) is 5.92 Å². The van der Waals surface area contributed by atoms with Crippen molar-refractivity contribution in [1.82, 2.24) is 25.6 Å². The Morgan fingerprint density at radius 3 is 3.00 bits per heavy atom. The molecule has 0 radical (unpaired) electrons. The van der Waals surface area contributed by atoms with Gasteiger partial charge in [-0.15, -0.1) is 5.10 Å². The van der Waals surface area contributed by atoms with Crippen LogP contribution in [0.25, 0.3) is 0 Å². The molecule has 0 atom stereocenters. The Balaban J connectivity index is 2.18. The summed E-state index contributed by atoms with van der Waals surface area (Å²) in [6.07, 6.45) is 2.47. The van der Waals surface area contributed by atoms with E-state index in [0.717, 1.165) is 5.69 Å². The van der Waals surface area contributed by atoms with Gasteiger partial charge in [-0.25, -0.2) is 0 Å². The monoisotopic (exact) mass is 269 g/mol. The largest absolute Gasteiger partial charge is 0.396 e. The van der Waals surface area contributed by atoms with Crippen LogP contribution in [0.2, 0.25) is 0 Å². The van der Waals surface area contributed by atoms with Crippen LogP contribution in [0.1, 0.15) is 26.0 Å². The molecule has 108 valence electrons. The molecule has 19 heavy (non-hydrogen) atoms. The van der Waals surface area contributed by atoms with Crippen LogP contribution in [0.15, 0.2) is 6.20 Å². The highest BCUT2D eigenvalue weighted by Gasteiger charge is 2.04. The molecule has 1 aromatic rings. The van der Waals surface area contributed by atoms with E-state index >= 15 is 0 Å². The predicted octanol–water partition coefficient (Wildman–Crippen LogP) is -0.478. The summed E-state index contributed by atoms with van der Waals surface area (Å²) in [5, 5.41) is 22.5. The smallest absolute Gasteiger partial charge is 0.233 e. The Bertz CT molecular complexity index is 378. The molecule has 7 heteroatoms. The molecule has 0 aliphatic rings. The maximum absolute atomic E-state index is 11.4. The van der Waals surface area contributed by atoms with Crippen LogP contribution in [0.3, 0.4) is 0 Å². The standard InChI is InChI=1S/C12H23N5O2/c1-10(2)6-14-12(19)8-13-7-11-9-17(16-15-11)4-3-5-18/h9-10,13,18H,3-8H2,1-2H3,(H,14,19). The van der Waals surface area contributed by atoms with Crippen molar-refractivity contribution < 1.29 is 9.90 Å². The van der Waals surface area contributed by atoms with E-state index in [9.17, 15) is 4.79 Å². The van der Waals surface area contributed by atoms with E-state index < -0.39 is 0 Å². The third-order valence-corrected chi connectivity index (χ3v) is 2.43. The summed E-state index contributed by atoms with van der Waals surface area (Å²) in [7, 11) is 0. The molecule has 7 nitrogen and oxygen atoms in total. The number of nitrogens with zero attached hydrogens (tertiary/aromatic N) is 3. The number of hydrogen-bond acceptors (Lipinski definition) is 5. The van der Waals surface area contributed by atoms with Crippen molar-refractivity contribution in [3.05, 3.63) is 11.9 Å². The Kier molecular flexibility index (Phi) is 7.06. The Morgan fingerprint density at radius 2 is 2.32 bits per heavy atom. The van der Waals surface area contributed by atoms with Crippen LogP contribution in [-0.2, 0) is 17.9 Å². The molecule has 0 aromatic carbocycles. The number of hydrogen-bond donors (Lipinski definition) is 3. The molecule has 1 heterocycles. The second-order valence-corrected chi connectivity index (χ2v) is 4.85. The number of aryl methyl sites for hydroxylation is 1. The topological polar surface area (TPSA) is 92.1 Å². The third-order valence-electron chi connectivity index (χ3n) is 2.43. The van der Waals surface area contributed by atoms with E-state index in [4.69, 9.17) is 5.11 Å². The predicted molar refractivity (Wildman–Crippen MR) is 71.3 cm³/mol. The van der Waals surface area contributed by atoms with Crippen LogP contribution in [0.4, 0.5) is 0 Å². The van der Waals surface area contributed by atoms with E-state index in [1.54, 1.807) is 4.68 Å². The van der Waals surface area contributed by atoms with Crippen LogP contribution < -0.4 is 10.6 Å². The minimum Gasteiger partial charge on any atom is -0.396 e. The van der Waals surface area contributed by atoms with Gasteiger partial charge in [0.1, 0.15) is 0 Å². The summed E-state index contributed by atoms with van der Waals surface area (Å²) in [4.78, 5) is 11.4. The lowest BCUT2D eigenvalue weighted by Gasteiger charge is -2.07. The first kappa shape index (κ1) is 15.6. The quantitative estimate of drug-likeness (QED) is 0.563. The fourth-order valence-electron chi connectivity index (χ4n) is 1.45. The lowest BCUT2D eigenvalue weighted by atomic mass is 10.2. The van der Waals surface area contributed by atoms with Crippen molar-refractivity contribution in [2.45, 2.75) is 33.4 Å². The number of amides is 1. The van der Waals surface area contributed by atoms with Gasteiger partial charge in [-0.1, -0.05) is 19.1 Å². The number of rotatable bonds is 9. The minimum absolute atomic E-state index is 0.0126. The first-order valence-corrected chi connectivity index (χ1v) is 6.59. The van der Waals surface area contributed by atoms with Gasteiger partial charge in [0, 0.05) is 32.4 Å². The van der Waals surface area contributed by atoms with Crippen LogP contribution in [0, 0.1) is 5.92 Å². The number of carbonyl (C=O) groups excluding carboxylic acids is 1. The summed E-state index contributed by atoms with van der Waals surface area (Å²) < 4.78 is 1.69. The zero-order chi connectivity index (χ0) is 14.1. The van der Waals surface area contributed by atoms with Gasteiger partial charge in [-0.05, 0) is 12.3 Å². The van der Waals surface area contributed by atoms with E-state index in [2.05, 4.69) is 34.8 Å². The van der Waals surface area contributed by atoms with Gasteiger partial charge in [0.25, 0.3) is 0 Å². The molecule has 0 saturated carbocycles. The number of aromatic nitrogens is 3. The number of aliphatic hydroxyl groups excluding tert-OH is 1. The third kappa shape index (κ3) is 6.88. The normalized spacial score (nSPS) is 10.9. The first-order chi connectivity index (χ1) is 9.11. The molecule has 0 unspecified atom stereocenters. The van der Waals surface area contributed by atoms with Gasteiger partial charge in [-0.2, -0.15) is 0 Å². The minimum atomic E-state index is -0.0126. The zero-order valence-corrected chi connectivity index (χ0v) is 11.6. The molecule has 0 aliphatic carbocycles. The van der Waals surface area contributed by atoms with Gasteiger partial charge in [0.15, 0.2) is 0 Å². The van der Waals surface area contributed by atoms with Gasteiger partial charge in [0.2, 0.25) is 5.91 Å². The average molecular weight is 269 g/mol. The number of carbonyl (C=O) groups is 1. The maximum atomic E-state index is 11.4. The summed E-state index contributed by atoms with van der Waals surface area (Å²) in [6, 6.07) is 0. The lowest BCUT2D eigenvalue weighted by molar-refractivity contribution is -0.120. The molecule has 0 fully saturated rings. The van der Waals surface area contributed by atoms with Crippen molar-refractivity contribution in [1.29, 1.82) is 0 Å². The highest BCUT2D eigenvalue weighted by atomic mass is 16.3. The summed E-state index contributed by atoms with van der Waals surface area (Å²) in [5.74, 6) is 0.441. The molecule has 1 amide bonds. The molecule has 1 aromatic heterocycles. The van der Waals surface area contributed by atoms with Crippen molar-refractivity contribution in [3.63, 3.8) is 0 Å². The van der Waals surface area contributed by atoms with E-state index in [0.29, 0.717) is 32.0 Å². The zero-order valence-electron chi connectivity index (χ0n) is 11.6. The van der Waals surface area contributed by atoms with Crippen molar-refractivity contribution >= 4 is 5.91 Å². The van der Waals surface area contributed by atoms with E-state index in [-0.39, 0.29) is 19.1 Å². The van der Waals surface area contributed by atoms with Gasteiger partial charge in [-0.3, -0.25) is 9.48 Å². The first-order valence-electron chi connectivity index (χ1n) is 6.59. The lowest BCUT2D eigenvalue weighted by Crippen LogP contribution is -2.35. The van der Waals surface area contributed by atoms with Crippen LogP contribution in [-0.4, -0.2) is 45.7 Å². The molecule has 3 N–H and O–H groups in total. The highest BCUT2D eigenvalue weighted by molar-refractivity contribution is 5.77. The molecular weight excluding hydrogens is 246 g/mol. The molecule has 0 aliphatic heterocycles. The second-order valence-electron chi connectivity index (χ2n) is 4.85. The Morgan fingerprint density at radius 1 is 1.53 bits per heavy atom. The van der Waals surface area contributed by atoms with Crippen LogP contribution in [0.5, 0.6) is 0 Å².